The van der Waals surface area contributed by atoms with Crippen molar-refractivity contribution in [3.05, 3.63) is 71.4 Å². The summed E-state index contributed by atoms with van der Waals surface area (Å²) in [5, 5.41) is 6.09. The molecule has 0 fully saturated rings. The molecule has 2 aromatic carbocycles. The molecule has 0 unspecified atom stereocenters. The van der Waals surface area contributed by atoms with Crippen LogP contribution in [0.25, 0.3) is 0 Å². The van der Waals surface area contributed by atoms with Crippen LogP contribution in [0.15, 0.2) is 54.7 Å². The quantitative estimate of drug-likeness (QED) is 0.637. The number of hydrogen-bond donors (Lipinski definition) is 2. The molecule has 0 aliphatic rings. The van der Waals surface area contributed by atoms with Gasteiger partial charge in [-0.3, -0.25) is 0 Å². The third kappa shape index (κ3) is 4.30. The van der Waals surface area contributed by atoms with Crippen molar-refractivity contribution < 1.29 is 13.2 Å². The van der Waals surface area contributed by atoms with Gasteiger partial charge in [-0.2, -0.15) is 18.2 Å². The van der Waals surface area contributed by atoms with Gasteiger partial charge >= 0.3 is 6.18 Å². The fourth-order valence-electron chi connectivity index (χ4n) is 2.33. The Hall–Kier alpha value is -3.09. The fraction of sp³-hybridized carbons (Fsp3) is 0.158. The van der Waals surface area contributed by atoms with Gasteiger partial charge in [0.05, 0.1) is 5.56 Å². The summed E-state index contributed by atoms with van der Waals surface area (Å²) in [6.45, 7) is 4.05. The molecule has 4 nitrogen and oxygen atoms in total. The summed E-state index contributed by atoms with van der Waals surface area (Å²) in [5.74, 6) is 0.872. The minimum atomic E-state index is -4.35. The van der Waals surface area contributed by atoms with Gasteiger partial charge < -0.3 is 10.6 Å². The van der Waals surface area contributed by atoms with Crippen molar-refractivity contribution in [1.82, 2.24) is 9.97 Å². The highest BCUT2D eigenvalue weighted by Gasteiger charge is 2.29. The molecule has 0 aliphatic heterocycles. The molecular formula is C19H17F3N4. The Morgan fingerprint density at radius 1 is 0.808 bits per heavy atom. The van der Waals surface area contributed by atoms with Crippen molar-refractivity contribution in [3.8, 4) is 0 Å². The van der Waals surface area contributed by atoms with Crippen LogP contribution in [0, 0.1) is 13.8 Å². The van der Waals surface area contributed by atoms with Crippen LogP contribution in [-0.2, 0) is 6.18 Å². The molecule has 0 saturated carbocycles. The number of anilines is 4. The molecule has 1 aromatic heterocycles. The molecular weight excluding hydrogens is 341 g/mol. The third-order valence-electron chi connectivity index (χ3n) is 3.90. The highest BCUT2D eigenvalue weighted by molar-refractivity contribution is 5.60. The van der Waals surface area contributed by atoms with Crippen molar-refractivity contribution in [1.29, 1.82) is 0 Å². The lowest BCUT2D eigenvalue weighted by Crippen LogP contribution is -2.05. The number of rotatable bonds is 4. The number of alkyl halides is 3. The second kappa shape index (κ2) is 7.03. The Labute approximate surface area is 149 Å². The monoisotopic (exact) mass is 358 g/mol. The van der Waals surface area contributed by atoms with Crippen molar-refractivity contribution in [3.63, 3.8) is 0 Å². The number of aromatic nitrogens is 2. The van der Waals surface area contributed by atoms with Crippen LogP contribution in [-0.4, -0.2) is 9.97 Å². The van der Waals surface area contributed by atoms with Crippen molar-refractivity contribution in [2.24, 2.45) is 0 Å². The Kier molecular flexibility index (Phi) is 4.79. The number of nitrogens with one attached hydrogen (secondary N) is 2. The first-order valence-corrected chi connectivity index (χ1v) is 7.93. The van der Waals surface area contributed by atoms with E-state index in [1.807, 2.05) is 32.0 Å². The smallest absolute Gasteiger partial charge is 0.340 e. The lowest BCUT2D eigenvalue weighted by Gasteiger charge is -2.11. The van der Waals surface area contributed by atoms with Crippen LogP contribution in [0.4, 0.5) is 36.3 Å². The van der Waals surface area contributed by atoms with Crippen molar-refractivity contribution >= 4 is 23.1 Å². The second-order valence-corrected chi connectivity index (χ2v) is 5.89. The summed E-state index contributed by atoms with van der Waals surface area (Å²) in [7, 11) is 0. The fourth-order valence-corrected chi connectivity index (χ4v) is 2.33. The molecule has 134 valence electrons. The number of aryl methyl sites for hydroxylation is 2. The van der Waals surface area contributed by atoms with E-state index in [-0.39, 0.29) is 0 Å². The molecule has 0 amide bonds. The van der Waals surface area contributed by atoms with Crippen molar-refractivity contribution in [2.45, 2.75) is 20.0 Å². The maximum atomic E-state index is 12.6. The van der Waals surface area contributed by atoms with E-state index in [0.717, 1.165) is 23.4 Å². The minimum absolute atomic E-state index is 0.394. The van der Waals surface area contributed by atoms with E-state index in [1.54, 1.807) is 12.3 Å². The van der Waals surface area contributed by atoms with Gasteiger partial charge in [0.2, 0.25) is 5.95 Å². The number of halogens is 3. The van der Waals surface area contributed by atoms with Crippen LogP contribution >= 0.6 is 0 Å². The second-order valence-electron chi connectivity index (χ2n) is 5.89. The molecule has 26 heavy (non-hydrogen) atoms. The molecule has 2 N–H and O–H groups in total. The predicted octanol–water partition coefficient (Wildman–Crippen LogP) is 5.60. The van der Waals surface area contributed by atoms with E-state index < -0.39 is 11.7 Å². The first-order valence-electron chi connectivity index (χ1n) is 7.93. The Morgan fingerprint density at radius 3 is 2.15 bits per heavy atom. The molecule has 0 spiro atoms. The number of nitrogens with zero attached hydrogens (tertiary/aromatic N) is 2. The molecule has 3 aromatic rings. The highest BCUT2D eigenvalue weighted by Crippen LogP contribution is 2.30. The lowest BCUT2D eigenvalue weighted by atomic mass is 10.1. The topological polar surface area (TPSA) is 49.8 Å². The molecule has 3 rings (SSSR count). The zero-order valence-corrected chi connectivity index (χ0v) is 14.2. The lowest BCUT2D eigenvalue weighted by molar-refractivity contribution is -0.137. The van der Waals surface area contributed by atoms with E-state index >= 15 is 0 Å². The maximum Gasteiger partial charge on any atom is 0.416 e. The van der Waals surface area contributed by atoms with E-state index in [4.69, 9.17) is 0 Å². The standard InChI is InChI=1S/C19H17F3N4/c1-12-3-6-16(11-13(12)2)25-18-23-10-9-17(26-18)24-15-7-4-14(5-8-15)19(20,21)22/h3-11H,1-2H3,(H2,23,24,25,26). The van der Waals surface area contributed by atoms with Gasteiger partial charge in [-0.25, -0.2) is 4.98 Å². The van der Waals surface area contributed by atoms with Crippen LogP contribution in [0.2, 0.25) is 0 Å². The van der Waals surface area contributed by atoms with Crippen LogP contribution < -0.4 is 10.6 Å². The summed E-state index contributed by atoms with van der Waals surface area (Å²) in [4.78, 5) is 8.49. The van der Waals surface area contributed by atoms with Gasteiger partial charge in [-0.15, -0.1) is 0 Å². The third-order valence-corrected chi connectivity index (χ3v) is 3.90. The molecule has 0 atom stereocenters. The number of hydrogen-bond acceptors (Lipinski definition) is 4. The van der Waals surface area contributed by atoms with Crippen LogP contribution in [0.5, 0.6) is 0 Å². The highest BCUT2D eigenvalue weighted by atomic mass is 19.4. The van der Waals surface area contributed by atoms with Crippen molar-refractivity contribution in [2.75, 3.05) is 10.6 Å². The van der Waals surface area contributed by atoms with E-state index in [0.29, 0.717) is 17.5 Å². The molecule has 0 radical (unpaired) electrons. The molecule has 7 heteroatoms. The van der Waals surface area contributed by atoms with E-state index in [1.165, 1.54) is 17.7 Å². The van der Waals surface area contributed by atoms with E-state index in [2.05, 4.69) is 20.6 Å². The summed E-state index contributed by atoms with van der Waals surface area (Å²) < 4.78 is 37.8. The largest absolute Gasteiger partial charge is 0.416 e. The zero-order chi connectivity index (χ0) is 18.7. The first kappa shape index (κ1) is 17.7. The van der Waals surface area contributed by atoms with Gasteiger partial charge in [-0.1, -0.05) is 6.07 Å². The van der Waals surface area contributed by atoms with Gasteiger partial charge in [-0.05, 0) is 67.4 Å². The normalized spacial score (nSPS) is 11.3. The molecule has 0 saturated heterocycles. The SMILES string of the molecule is Cc1ccc(Nc2nccc(Nc3ccc(C(F)(F)F)cc3)n2)cc1C. The summed E-state index contributed by atoms with van der Waals surface area (Å²) in [5.41, 5.74) is 3.01. The Balaban J connectivity index is 1.73. The van der Waals surface area contributed by atoms with Gasteiger partial charge in [0.15, 0.2) is 0 Å². The first-order chi connectivity index (χ1) is 12.3. The summed E-state index contributed by atoms with van der Waals surface area (Å²) >= 11 is 0. The minimum Gasteiger partial charge on any atom is -0.340 e. The Bertz CT molecular complexity index is 905. The van der Waals surface area contributed by atoms with Gasteiger partial charge in [0, 0.05) is 17.6 Å². The van der Waals surface area contributed by atoms with E-state index in [9.17, 15) is 13.2 Å². The zero-order valence-electron chi connectivity index (χ0n) is 14.2. The number of benzene rings is 2. The molecule has 1 heterocycles. The Morgan fingerprint density at radius 2 is 1.50 bits per heavy atom. The average molecular weight is 358 g/mol. The average Bonchev–Trinajstić information content (AvgIpc) is 2.58. The molecule has 0 bridgehead atoms. The summed E-state index contributed by atoms with van der Waals surface area (Å²) in [6.07, 6.45) is -2.78. The summed E-state index contributed by atoms with van der Waals surface area (Å²) in [6, 6.07) is 12.3. The van der Waals surface area contributed by atoms with Gasteiger partial charge in [0.1, 0.15) is 5.82 Å². The maximum absolute atomic E-state index is 12.6. The predicted molar refractivity (Wildman–Crippen MR) is 96.0 cm³/mol. The molecule has 0 aliphatic carbocycles. The van der Waals surface area contributed by atoms with Crippen LogP contribution in [0.3, 0.4) is 0 Å². The van der Waals surface area contributed by atoms with Crippen LogP contribution in [0.1, 0.15) is 16.7 Å². The van der Waals surface area contributed by atoms with Gasteiger partial charge in [0.25, 0.3) is 0 Å².